The lowest BCUT2D eigenvalue weighted by atomic mass is 9.85. The molecule has 1 aromatic carbocycles. The van der Waals surface area contributed by atoms with Crippen LogP contribution in [0.2, 0.25) is 0 Å². The van der Waals surface area contributed by atoms with Gasteiger partial charge >= 0.3 is 0 Å². The van der Waals surface area contributed by atoms with Gasteiger partial charge in [0.15, 0.2) is 0 Å². The third-order valence-electron chi connectivity index (χ3n) is 4.97. The van der Waals surface area contributed by atoms with Crippen LogP contribution in [0.5, 0.6) is 0 Å². The Morgan fingerprint density at radius 1 is 1.22 bits per heavy atom. The van der Waals surface area contributed by atoms with E-state index < -0.39 is 10.0 Å². The van der Waals surface area contributed by atoms with Crippen LogP contribution in [0.25, 0.3) is 0 Å². The van der Waals surface area contributed by atoms with Crippen LogP contribution in [0.3, 0.4) is 0 Å². The molecule has 1 fully saturated rings. The molecule has 1 atom stereocenters. The molecule has 2 aromatic rings. The topological polar surface area (TPSA) is 110 Å². The summed E-state index contributed by atoms with van der Waals surface area (Å²) in [4.78, 5) is 0. The molecule has 0 bridgehead atoms. The summed E-state index contributed by atoms with van der Waals surface area (Å²) in [5.74, 6) is 0.804. The molecule has 1 aliphatic rings. The fraction of sp³-hybridized carbons (Fsp3) is 0.556. The Labute approximate surface area is 164 Å². The Morgan fingerprint density at radius 2 is 1.96 bits per heavy atom. The van der Waals surface area contributed by atoms with Gasteiger partial charge in [0.05, 0.1) is 5.69 Å². The maximum Gasteiger partial charge on any atom is 0.291 e. The van der Waals surface area contributed by atoms with Crippen LogP contribution in [-0.2, 0) is 16.6 Å². The number of nitrogen functional groups attached to an aromatic ring is 1. The third-order valence-corrected chi connectivity index (χ3v) is 7.45. The smallest absolute Gasteiger partial charge is 0.291 e. The predicted molar refractivity (Wildman–Crippen MR) is 109 cm³/mol. The van der Waals surface area contributed by atoms with E-state index in [1.807, 2.05) is 12.1 Å². The predicted octanol–water partition coefficient (Wildman–Crippen LogP) is 3.37. The maximum absolute atomic E-state index is 12.5. The Hall–Kier alpha value is -1.71. The van der Waals surface area contributed by atoms with E-state index in [2.05, 4.69) is 27.2 Å². The van der Waals surface area contributed by atoms with Gasteiger partial charge in [0.1, 0.15) is 0 Å². The molecular weight excluding hydrogens is 382 g/mol. The molecule has 0 amide bonds. The van der Waals surface area contributed by atoms with Gasteiger partial charge in [-0.2, -0.15) is 8.42 Å². The molecule has 148 valence electrons. The molecule has 0 radical (unpaired) electrons. The van der Waals surface area contributed by atoms with Crippen molar-refractivity contribution in [2.45, 2.75) is 62.4 Å². The number of anilines is 2. The van der Waals surface area contributed by atoms with Gasteiger partial charge in [-0.3, -0.25) is 4.72 Å². The summed E-state index contributed by atoms with van der Waals surface area (Å²) in [7, 11) is -3.79. The number of hydrogen-bond acceptors (Lipinski definition) is 7. The molecule has 7 nitrogen and oxygen atoms in total. The highest BCUT2D eigenvalue weighted by atomic mass is 32.2. The highest BCUT2D eigenvalue weighted by Crippen LogP contribution is 2.27. The Kier molecular flexibility index (Phi) is 6.67. The van der Waals surface area contributed by atoms with Crippen molar-refractivity contribution in [3.05, 3.63) is 29.8 Å². The Balaban J connectivity index is 1.62. The van der Waals surface area contributed by atoms with Crippen molar-refractivity contribution in [3.63, 3.8) is 0 Å². The number of nitrogens with two attached hydrogens (primary N) is 1. The molecule has 27 heavy (non-hydrogen) atoms. The quantitative estimate of drug-likeness (QED) is 0.616. The van der Waals surface area contributed by atoms with Crippen LogP contribution in [0.15, 0.2) is 28.6 Å². The van der Waals surface area contributed by atoms with Gasteiger partial charge in [0.2, 0.25) is 5.13 Å². The largest absolute Gasteiger partial charge is 0.374 e. The molecule has 0 unspecified atom stereocenters. The zero-order chi connectivity index (χ0) is 19.3. The van der Waals surface area contributed by atoms with Crippen LogP contribution in [-0.4, -0.2) is 24.7 Å². The highest BCUT2D eigenvalue weighted by molar-refractivity contribution is 7.94. The number of benzene rings is 1. The number of aromatic nitrogens is 2. The van der Waals surface area contributed by atoms with E-state index in [9.17, 15) is 8.42 Å². The molecule has 1 heterocycles. The van der Waals surface area contributed by atoms with Crippen molar-refractivity contribution in [3.8, 4) is 0 Å². The minimum atomic E-state index is -3.79. The van der Waals surface area contributed by atoms with E-state index in [1.54, 1.807) is 12.1 Å². The van der Waals surface area contributed by atoms with Crippen LogP contribution in [0.1, 0.15) is 51.0 Å². The average Bonchev–Trinajstić information content (AvgIpc) is 3.09. The zero-order valence-corrected chi connectivity index (χ0v) is 17.2. The van der Waals surface area contributed by atoms with Crippen molar-refractivity contribution >= 4 is 32.2 Å². The summed E-state index contributed by atoms with van der Waals surface area (Å²) in [5.41, 5.74) is 6.94. The molecule has 0 spiro atoms. The number of rotatable bonds is 8. The van der Waals surface area contributed by atoms with E-state index in [0.717, 1.165) is 29.2 Å². The van der Waals surface area contributed by atoms with E-state index in [-0.39, 0.29) is 9.47 Å². The fourth-order valence-corrected chi connectivity index (χ4v) is 5.47. The molecule has 9 heteroatoms. The van der Waals surface area contributed by atoms with Gasteiger partial charge in [-0.15, -0.1) is 10.2 Å². The van der Waals surface area contributed by atoms with E-state index in [0.29, 0.717) is 18.3 Å². The minimum Gasteiger partial charge on any atom is -0.374 e. The lowest BCUT2D eigenvalue weighted by Crippen LogP contribution is -2.29. The first-order chi connectivity index (χ1) is 12.9. The summed E-state index contributed by atoms with van der Waals surface area (Å²) in [6.45, 7) is 2.80. The van der Waals surface area contributed by atoms with Crippen molar-refractivity contribution in [1.29, 1.82) is 0 Å². The number of hydrogen-bond donors (Lipinski definition) is 3. The Bertz CT molecular complexity index is 847. The molecule has 1 aliphatic carbocycles. The average molecular weight is 410 g/mol. The first kappa shape index (κ1) is 20.0. The van der Waals surface area contributed by atoms with E-state index in [1.165, 1.54) is 32.1 Å². The van der Waals surface area contributed by atoms with Crippen molar-refractivity contribution in [2.75, 3.05) is 10.5 Å². The van der Waals surface area contributed by atoms with Gasteiger partial charge in [-0.05, 0) is 30.9 Å². The van der Waals surface area contributed by atoms with Gasteiger partial charge in [0, 0.05) is 12.6 Å². The van der Waals surface area contributed by atoms with Crippen molar-refractivity contribution in [1.82, 2.24) is 15.5 Å². The molecule has 0 aliphatic heterocycles. The lowest BCUT2D eigenvalue weighted by molar-refractivity contribution is 0.305. The molecule has 3 rings (SSSR count). The second kappa shape index (κ2) is 8.99. The van der Waals surface area contributed by atoms with Crippen LogP contribution >= 0.6 is 11.3 Å². The monoisotopic (exact) mass is 409 g/mol. The summed E-state index contributed by atoms with van der Waals surface area (Å²) in [6.07, 6.45) is 7.88. The van der Waals surface area contributed by atoms with Crippen LogP contribution < -0.4 is 15.8 Å². The summed E-state index contributed by atoms with van der Waals surface area (Å²) < 4.78 is 27.5. The summed E-state index contributed by atoms with van der Waals surface area (Å²) >= 11 is 0.847. The molecule has 4 N–H and O–H groups in total. The first-order valence-corrected chi connectivity index (χ1v) is 11.7. The maximum atomic E-state index is 12.5. The molecule has 1 saturated carbocycles. The molecular formula is C18H27N5O2S2. The lowest BCUT2D eigenvalue weighted by Gasteiger charge is -2.25. The normalized spacial score (nSPS) is 16.9. The second-order valence-corrected chi connectivity index (χ2v) is 10.1. The van der Waals surface area contributed by atoms with Gasteiger partial charge in [-0.25, -0.2) is 0 Å². The minimum absolute atomic E-state index is 0.127. The fourth-order valence-electron chi connectivity index (χ4n) is 3.58. The second-order valence-electron chi connectivity index (χ2n) is 7.19. The van der Waals surface area contributed by atoms with Gasteiger partial charge in [0.25, 0.3) is 14.4 Å². The number of nitrogens with one attached hydrogen (secondary N) is 2. The summed E-state index contributed by atoms with van der Waals surface area (Å²) in [6, 6.07) is 7.78. The van der Waals surface area contributed by atoms with Gasteiger partial charge < -0.3 is 11.1 Å². The molecule has 1 aromatic heterocycles. The zero-order valence-electron chi connectivity index (χ0n) is 15.5. The van der Waals surface area contributed by atoms with Crippen molar-refractivity contribution < 1.29 is 8.42 Å². The molecule has 0 saturated heterocycles. The standard InChI is InChI=1S/C18H27N5O2S2/c1-13(11-14-7-3-2-4-8-14)20-12-15-9-5-6-10-16(15)23-27(24,25)18-22-21-17(19)26-18/h5-6,9-10,13-14,20,23H,2-4,7-8,11-12H2,1H3,(H2,19,21)/t13-/m0/s1. The van der Waals surface area contributed by atoms with Crippen LogP contribution in [0, 0.1) is 5.92 Å². The third kappa shape index (κ3) is 5.63. The number of sulfonamides is 1. The number of nitrogens with zero attached hydrogens (tertiary/aromatic N) is 2. The SMILES string of the molecule is C[C@@H](CC1CCCCC1)NCc1ccccc1NS(=O)(=O)c1nnc(N)s1. The Morgan fingerprint density at radius 3 is 2.67 bits per heavy atom. The van der Waals surface area contributed by atoms with E-state index in [4.69, 9.17) is 5.73 Å². The highest BCUT2D eigenvalue weighted by Gasteiger charge is 2.21. The van der Waals surface area contributed by atoms with Crippen LogP contribution in [0.4, 0.5) is 10.8 Å². The first-order valence-electron chi connectivity index (χ1n) is 9.37. The number of para-hydroxylation sites is 1. The van der Waals surface area contributed by atoms with Gasteiger partial charge in [-0.1, -0.05) is 61.6 Å². The van der Waals surface area contributed by atoms with Crippen molar-refractivity contribution in [2.24, 2.45) is 5.92 Å². The van der Waals surface area contributed by atoms with E-state index >= 15 is 0 Å². The summed E-state index contributed by atoms with van der Waals surface area (Å²) in [5, 5.41) is 10.9.